The van der Waals surface area contributed by atoms with Crippen molar-refractivity contribution in [2.75, 3.05) is 7.11 Å². The van der Waals surface area contributed by atoms with Crippen LogP contribution in [-0.4, -0.2) is 40.3 Å². The quantitative estimate of drug-likeness (QED) is 0.713. The lowest BCUT2D eigenvalue weighted by Gasteiger charge is -2.11. The summed E-state index contributed by atoms with van der Waals surface area (Å²) in [5.74, 6) is 0.508. The van der Waals surface area contributed by atoms with E-state index in [2.05, 4.69) is 15.5 Å². The van der Waals surface area contributed by atoms with E-state index < -0.39 is 5.97 Å². The largest absolute Gasteiger partial charge is 0.497 e. The van der Waals surface area contributed by atoms with Gasteiger partial charge in [0.2, 0.25) is 17.6 Å². The van der Waals surface area contributed by atoms with E-state index in [9.17, 15) is 9.59 Å². The average Bonchev–Trinajstić information content (AvgIpc) is 3.07. The molecule has 134 valence electrons. The third kappa shape index (κ3) is 5.91. The Morgan fingerprint density at radius 2 is 2.00 bits per heavy atom. The topological polar surface area (TPSA) is 115 Å². The lowest BCUT2D eigenvalue weighted by molar-refractivity contribution is -0.137. The SMILES string of the molecule is COc1ccc(-c2noc(CCC(=O)NC(C)CCC(=O)O)n2)cc1. The van der Waals surface area contributed by atoms with E-state index in [0.29, 0.717) is 24.6 Å². The van der Waals surface area contributed by atoms with E-state index in [4.69, 9.17) is 14.4 Å². The van der Waals surface area contributed by atoms with E-state index in [1.807, 2.05) is 12.1 Å². The van der Waals surface area contributed by atoms with Gasteiger partial charge in [-0.15, -0.1) is 0 Å². The lowest BCUT2D eigenvalue weighted by Crippen LogP contribution is -2.33. The number of carbonyl (C=O) groups is 2. The van der Waals surface area contributed by atoms with Crippen LogP contribution in [0.1, 0.15) is 32.1 Å². The maximum Gasteiger partial charge on any atom is 0.303 e. The fraction of sp³-hybridized carbons (Fsp3) is 0.412. The molecule has 2 rings (SSSR count). The zero-order valence-corrected chi connectivity index (χ0v) is 14.2. The number of hydrogen-bond donors (Lipinski definition) is 2. The second kappa shape index (κ2) is 8.81. The molecule has 2 aromatic rings. The molecule has 0 aliphatic rings. The Labute approximate surface area is 145 Å². The zero-order chi connectivity index (χ0) is 18.2. The van der Waals surface area contributed by atoms with Crippen LogP contribution in [0.5, 0.6) is 5.75 Å². The second-order valence-electron chi connectivity index (χ2n) is 5.64. The van der Waals surface area contributed by atoms with Crippen LogP contribution < -0.4 is 10.1 Å². The minimum Gasteiger partial charge on any atom is -0.497 e. The van der Waals surface area contributed by atoms with Crippen molar-refractivity contribution in [2.45, 2.75) is 38.6 Å². The molecule has 0 spiro atoms. The predicted octanol–water partition coefficient (Wildman–Crippen LogP) is 2.05. The molecule has 0 aliphatic heterocycles. The first-order valence-corrected chi connectivity index (χ1v) is 7.96. The Kier molecular flexibility index (Phi) is 6.50. The van der Waals surface area contributed by atoms with Gasteiger partial charge >= 0.3 is 5.97 Å². The summed E-state index contributed by atoms with van der Waals surface area (Å²) < 4.78 is 10.3. The molecule has 0 bridgehead atoms. The normalized spacial score (nSPS) is 11.8. The number of hydrogen-bond acceptors (Lipinski definition) is 6. The number of carbonyl (C=O) groups excluding carboxylic acids is 1. The molecule has 0 radical (unpaired) electrons. The molecule has 1 aromatic heterocycles. The molecule has 8 heteroatoms. The fourth-order valence-electron chi connectivity index (χ4n) is 2.19. The number of benzene rings is 1. The average molecular weight is 347 g/mol. The number of aromatic nitrogens is 2. The number of aryl methyl sites for hydroxylation is 1. The van der Waals surface area contributed by atoms with E-state index in [0.717, 1.165) is 11.3 Å². The molecule has 1 aromatic carbocycles. The van der Waals surface area contributed by atoms with Crippen molar-refractivity contribution >= 4 is 11.9 Å². The van der Waals surface area contributed by atoms with Gasteiger partial charge < -0.3 is 19.7 Å². The molecule has 8 nitrogen and oxygen atoms in total. The Morgan fingerprint density at radius 3 is 2.64 bits per heavy atom. The summed E-state index contributed by atoms with van der Waals surface area (Å²) in [6, 6.07) is 7.06. The summed E-state index contributed by atoms with van der Waals surface area (Å²) in [5.41, 5.74) is 0.794. The lowest BCUT2D eigenvalue weighted by atomic mass is 10.1. The van der Waals surface area contributed by atoms with Crippen molar-refractivity contribution in [3.63, 3.8) is 0 Å². The molecule has 0 aliphatic carbocycles. The van der Waals surface area contributed by atoms with Crippen LogP contribution >= 0.6 is 0 Å². The number of carboxylic acids is 1. The zero-order valence-electron chi connectivity index (χ0n) is 14.2. The minimum absolute atomic E-state index is 0.0241. The number of amides is 1. The van der Waals surface area contributed by atoms with Crippen molar-refractivity contribution in [2.24, 2.45) is 0 Å². The highest BCUT2D eigenvalue weighted by Gasteiger charge is 2.13. The van der Waals surface area contributed by atoms with Crippen LogP contribution in [0, 0.1) is 0 Å². The standard InChI is InChI=1S/C17H21N3O5/c1-11(3-10-16(22)23)18-14(21)8-9-15-19-17(20-25-15)12-4-6-13(24-2)7-5-12/h4-7,11H,3,8-10H2,1-2H3,(H,18,21)(H,22,23). The number of nitrogens with one attached hydrogen (secondary N) is 1. The van der Waals surface area contributed by atoms with E-state index in [1.54, 1.807) is 26.2 Å². The molecule has 25 heavy (non-hydrogen) atoms. The summed E-state index contributed by atoms with van der Waals surface area (Å²) in [5, 5.41) is 15.3. The number of aliphatic carboxylic acids is 1. The molecule has 1 unspecified atom stereocenters. The van der Waals surface area contributed by atoms with Crippen molar-refractivity contribution < 1.29 is 24.0 Å². The maximum atomic E-state index is 11.9. The highest BCUT2D eigenvalue weighted by Crippen LogP contribution is 2.19. The summed E-state index contributed by atoms with van der Waals surface area (Å²) in [6.45, 7) is 1.77. The van der Waals surface area contributed by atoms with Gasteiger partial charge in [0.1, 0.15) is 5.75 Å². The van der Waals surface area contributed by atoms with E-state index in [1.165, 1.54) is 0 Å². The van der Waals surface area contributed by atoms with Gasteiger partial charge in [-0.05, 0) is 37.6 Å². The van der Waals surface area contributed by atoms with Gasteiger partial charge in [-0.25, -0.2) is 0 Å². The third-order valence-electron chi connectivity index (χ3n) is 3.58. The fourth-order valence-corrected chi connectivity index (χ4v) is 2.19. The van der Waals surface area contributed by atoms with Crippen LogP contribution in [0.2, 0.25) is 0 Å². The summed E-state index contributed by atoms with van der Waals surface area (Å²) >= 11 is 0. The summed E-state index contributed by atoms with van der Waals surface area (Å²) in [7, 11) is 1.59. The van der Waals surface area contributed by atoms with Gasteiger partial charge in [-0.1, -0.05) is 5.16 Å². The van der Waals surface area contributed by atoms with E-state index >= 15 is 0 Å². The van der Waals surface area contributed by atoms with Gasteiger partial charge in [0.15, 0.2) is 0 Å². The molecular formula is C17H21N3O5. The highest BCUT2D eigenvalue weighted by molar-refractivity contribution is 5.76. The molecular weight excluding hydrogens is 326 g/mol. The molecule has 0 fully saturated rings. The number of rotatable bonds is 9. The Hall–Kier alpha value is -2.90. The monoisotopic (exact) mass is 347 g/mol. The summed E-state index contributed by atoms with van der Waals surface area (Å²) in [4.78, 5) is 26.6. The molecule has 2 N–H and O–H groups in total. The van der Waals surface area contributed by atoms with Gasteiger partial charge in [0, 0.05) is 30.9 Å². The van der Waals surface area contributed by atoms with Crippen LogP contribution in [0.25, 0.3) is 11.4 Å². The molecule has 1 amide bonds. The smallest absolute Gasteiger partial charge is 0.303 e. The second-order valence-corrected chi connectivity index (χ2v) is 5.64. The summed E-state index contributed by atoms with van der Waals surface area (Å²) in [6.07, 6.45) is 0.932. The molecule has 0 saturated heterocycles. The Morgan fingerprint density at radius 1 is 1.28 bits per heavy atom. The van der Waals surface area contributed by atoms with E-state index in [-0.39, 0.29) is 24.8 Å². The van der Waals surface area contributed by atoms with Crippen molar-refractivity contribution in [1.82, 2.24) is 15.5 Å². The minimum atomic E-state index is -0.877. The van der Waals surface area contributed by atoms with Crippen molar-refractivity contribution in [1.29, 1.82) is 0 Å². The van der Waals surface area contributed by atoms with Crippen molar-refractivity contribution in [3.8, 4) is 17.1 Å². The third-order valence-corrected chi connectivity index (χ3v) is 3.58. The Balaban J connectivity index is 1.82. The predicted molar refractivity (Wildman–Crippen MR) is 89.1 cm³/mol. The van der Waals surface area contributed by atoms with Gasteiger partial charge in [0.05, 0.1) is 7.11 Å². The highest BCUT2D eigenvalue weighted by atomic mass is 16.5. The van der Waals surface area contributed by atoms with Gasteiger partial charge in [-0.3, -0.25) is 9.59 Å². The van der Waals surface area contributed by atoms with Crippen LogP contribution in [0.4, 0.5) is 0 Å². The van der Waals surface area contributed by atoms with Crippen molar-refractivity contribution in [3.05, 3.63) is 30.2 Å². The number of ether oxygens (including phenoxy) is 1. The van der Waals surface area contributed by atoms with Gasteiger partial charge in [-0.2, -0.15) is 4.98 Å². The van der Waals surface area contributed by atoms with Gasteiger partial charge in [0.25, 0.3) is 0 Å². The Bertz CT molecular complexity index is 711. The molecule has 1 heterocycles. The first-order chi connectivity index (χ1) is 12.0. The van der Waals surface area contributed by atoms with Crippen LogP contribution in [0.15, 0.2) is 28.8 Å². The number of nitrogens with zero attached hydrogens (tertiary/aromatic N) is 2. The molecule has 0 saturated carbocycles. The van der Waals surface area contributed by atoms with Crippen LogP contribution in [-0.2, 0) is 16.0 Å². The number of carboxylic acid groups (broad SMARTS) is 1. The maximum absolute atomic E-state index is 11.9. The molecule has 1 atom stereocenters. The number of methoxy groups -OCH3 is 1. The first kappa shape index (κ1) is 18.4. The first-order valence-electron chi connectivity index (χ1n) is 7.96. The van der Waals surface area contributed by atoms with Crippen LogP contribution in [0.3, 0.4) is 0 Å².